The summed E-state index contributed by atoms with van der Waals surface area (Å²) in [6.45, 7) is 14.2. The van der Waals surface area contributed by atoms with Gasteiger partial charge in [0.15, 0.2) is 0 Å². The molecular weight excluding hydrogens is 432 g/mol. The summed E-state index contributed by atoms with van der Waals surface area (Å²) in [5.74, 6) is 0.897. The number of benzene rings is 4. The summed E-state index contributed by atoms with van der Waals surface area (Å²) in [4.78, 5) is 0. The lowest BCUT2D eigenvalue weighted by Crippen LogP contribution is -2.17. The quantitative estimate of drug-likeness (QED) is 0.279. The Morgan fingerprint density at radius 2 is 0.806 bits per heavy atom. The van der Waals surface area contributed by atoms with Gasteiger partial charge in [-0.25, -0.2) is 0 Å². The summed E-state index contributed by atoms with van der Waals surface area (Å²) in [5, 5.41) is 0. The minimum absolute atomic E-state index is 0.123. The lowest BCUT2D eigenvalue weighted by atomic mass is 9.75. The zero-order valence-electron chi connectivity index (χ0n) is 22.7. The lowest BCUT2D eigenvalue weighted by Gasteiger charge is -2.28. The molecule has 6 rings (SSSR count). The molecule has 0 aromatic heterocycles. The third-order valence-corrected chi connectivity index (χ3v) is 8.52. The molecule has 4 aromatic rings. The van der Waals surface area contributed by atoms with Crippen molar-refractivity contribution in [3.8, 4) is 22.3 Å². The zero-order valence-corrected chi connectivity index (χ0v) is 22.7. The minimum atomic E-state index is 0.123. The first kappa shape index (κ1) is 23.3. The summed E-state index contributed by atoms with van der Waals surface area (Å²) in [7, 11) is 0. The molecule has 0 amide bonds. The molecular formula is C36H38. The molecule has 0 radical (unpaired) electrons. The van der Waals surface area contributed by atoms with Gasteiger partial charge in [-0.15, -0.1) is 0 Å². The first-order valence-electron chi connectivity index (χ1n) is 13.6. The van der Waals surface area contributed by atoms with Gasteiger partial charge in [-0.1, -0.05) is 126 Å². The normalized spacial score (nSPS) is 17.9. The van der Waals surface area contributed by atoms with Crippen LogP contribution < -0.4 is 0 Å². The highest BCUT2D eigenvalue weighted by atomic mass is 14.4. The molecule has 0 fully saturated rings. The fraction of sp³-hybridized carbons (Fsp3) is 0.333. The van der Waals surface area contributed by atoms with Gasteiger partial charge in [-0.2, -0.15) is 0 Å². The van der Waals surface area contributed by atoms with Crippen molar-refractivity contribution in [3.05, 3.63) is 118 Å². The second-order valence-corrected chi connectivity index (χ2v) is 12.9. The average Bonchev–Trinajstić information content (AvgIpc) is 3.34. The smallest absolute Gasteiger partial charge is 0.0105 e. The van der Waals surface area contributed by atoms with Crippen molar-refractivity contribution in [1.29, 1.82) is 0 Å². The lowest BCUT2D eigenvalue weighted by molar-refractivity contribution is 0.554. The Bertz CT molecular complexity index is 1340. The van der Waals surface area contributed by atoms with Gasteiger partial charge in [-0.05, 0) is 79.3 Å². The highest BCUT2D eigenvalue weighted by Crippen LogP contribution is 2.54. The van der Waals surface area contributed by atoms with Crippen LogP contribution in [-0.4, -0.2) is 0 Å². The molecule has 0 saturated heterocycles. The van der Waals surface area contributed by atoms with E-state index < -0.39 is 0 Å². The molecule has 0 bridgehead atoms. The second-order valence-electron chi connectivity index (χ2n) is 12.9. The van der Waals surface area contributed by atoms with Crippen LogP contribution in [0.1, 0.15) is 99.6 Å². The highest BCUT2D eigenvalue weighted by Gasteiger charge is 2.37. The Labute approximate surface area is 217 Å². The second kappa shape index (κ2) is 8.20. The van der Waals surface area contributed by atoms with Gasteiger partial charge in [0.2, 0.25) is 0 Å². The third-order valence-electron chi connectivity index (χ3n) is 8.52. The van der Waals surface area contributed by atoms with Crippen LogP contribution in [0.5, 0.6) is 0 Å². The van der Waals surface area contributed by atoms with Gasteiger partial charge < -0.3 is 0 Å². The summed E-state index contributed by atoms with van der Waals surface area (Å²) >= 11 is 0. The van der Waals surface area contributed by atoms with E-state index in [0.717, 1.165) is 12.8 Å². The van der Waals surface area contributed by atoms with E-state index in [2.05, 4.69) is 126 Å². The van der Waals surface area contributed by atoms with Crippen LogP contribution in [0.4, 0.5) is 0 Å². The molecule has 0 heteroatoms. The SMILES string of the molecule is CC(C)(C)c1cccc2c1C(CCC1c3ccccc3-c3cccc(C(C)(C)C)c31)c1ccccc1-2. The summed E-state index contributed by atoms with van der Waals surface area (Å²) in [6, 6.07) is 32.2. The topological polar surface area (TPSA) is 0 Å². The van der Waals surface area contributed by atoms with E-state index in [4.69, 9.17) is 0 Å². The Balaban J connectivity index is 1.46. The van der Waals surface area contributed by atoms with Crippen LogP contribution in [0, 0.1) is 0 Å². The van der Waals surface area contributed by atoms with Crippen molar-refractivity contribution in [3.63, 3.8) is 0 Å². The van der Waals surface area contributed by atoms with Crippen LogP contribution in [0.25, 0.3) is 22.3 Å². The minimum Gasteiger partial charge on any atom is -0.0619 e. The monoisotopic (exact) mass is 470 g/mol. The standard InChI is InChI=1S/C36H38/c1-35(2,3)31-19-11-17-27-23-13-7-9-15-25(23)29(33(27)31)21-22-30-26-16-10-8-14-24(26)28-18-12-20-32(34(28)30)36(4,5)6/h7-20,29-30H,21-22H2,1-6H3. The van der Waals surface area contributed by atoms with E-state index in [1.165, 1.54) is 44.5 Å². The molecule has 0 N–H and O–H groups in total. The largest absolute Gasteiger partial charge is 0.0619 e. The Hall–Kier alpha value is -3.12. The first-order valence-corrected chi connectivity index (χ1v) is 13.6. The van der Waals surface area contributed by atoms with Gasteiger partial charge in [0, 0.05) is 11.8 Å². The van der Waals surface area contributed by atoms with E-state index in [1.54, 1.807) is 11.1 Å². The maximum absolute atomic E-state index is 2.38. The summed E-state index contributed by atoms with van der Waals surface area (Å²) < 4.78 is 0. The predicted octanol–water partition coefficient (Wildman–Crippen LogP) is 9.99. The molecule has 0 nitrogen and oxygen atoms in total. The number of rotatable bonds is 3. The molecule has 182 valence electrons. The Morgan fingerprint density at radius 1 is 0.444 bits per heavy atom. The Morgan fingerprint density at radius 3 is 1.19 bits per heavy atom. The van der Waals surface area contributed by atoms with Gasteiger partial charge >= 0.3 is 0 Å². The van der Waals surface area contributed by atoms with E-state index in [9.17, 15) is 0 Å². The molecule has 2 unspecified atom stereocenters. The van der Waals surface area contributed by atoms with Gasteiger partial charge in [-0.3, -0.25) is 0 Å². The van der Waals surface area contributed by atoms with Crippen LogP contribution in [0.3, 0.4) is 0 Å². The van der Waals surface area contributed by atoms with Gasteiger partial charge in [0.05, 0.1) is 0 Å². The molecule has 2 aliphatic rings. The van der Waals surface area contributed by atoms with Crippen molar-refractivity contribution in [1.82, 2.24) is 0 Å². The van der Waals surface area contributed by atoms with Crippen LogP contribution in [0.2, 0.25) is 0 Å². The van der Waals surface area contributed by atoms with Crippen LogP contribution in [-0.2, 0) is 10.8 Å². The van der Waals surface area contributed by atoms with Crippen molar-refractivity contribution in [2.75, 3.05) is 0 Å². The maximum Gasteiger partial charge on any atom is 0.0105 e. The Kier molecular flexibility index (Phi) is 5.31. The van der Waals surface area contributed by atoms with Crippen molar-refractivity contribution in [2.24, 2.45) is 0 Å². The predicted molar refractivity (Wildman–Crippen MR) is 154 cm³/mol. The molecule has 0 heterocycles. The average molecular weight is 471 g/mol. The highest BCUT2D eigenvalue weighted by molar-refractivity contribution is 5.82. The van der Waals surface area contributed by atoms with Crippen LogP contribution in [0.15, 0.2) is 84.9 Å². The van der Waals surface area contributed by atoms with E-state index in [-0.39, 0.29) is 10.8 Å². The van der Waals surface area contributed by atoms with Crippen molar-refractivity contribution < 1.29 is 0 Å². The van der Waals surface area contributed by atoms with Crippen molar-refractivity contribution >= 4 is 0 Å². The number of hydrogen-bond acceptors (Lipinski definition) is 0. The fourth-order valence-electron chi connectivity index (χ4n) is 7.00. The summed E-state index contributed by atoms with van der Waals surface area (Å²) in [6.07, 6.45) is 2.32. The molecule has 2 atom stereocenters. The van der Waals surface area contributed by atoms with Crippen molar-refractivity contribution in [2.45, 2.75) is 77.0 Å². The third kappa shape index (κ3) is 3.57. The number of fused-ring (bicyclic) bond motifs is 6. The molecule has 0 saturated carbocycles. The van der Waals surface area contributed by atoms with E-state index in [1.807, 2.05) is 0 Å². The number of hydrogen-bond donors (Lipinski definition) is 0. The fourth-order valence-corrected chi connectivity index (χ4v) is 7.00. The molecule has 4 aromatic carbocycles. The first-order chi connectivity index (χ1) is 17.2. The molecule has 2 aliphatic carbocycles. The van der Waals surface area contributed by atoms with E-state index >= 15 is 0 Å². The molecule has 0 spiro atoms. The van der Waals surface area contributed by atoms with E-state index in [0.29, 0.717) is 11.8 Å². The summed E-state index contributed by atoms with van der Waals surface area (Å²) in [5.41, 5.74) is 15.2. The zero-order chi connectivity index (χ0) is 25.2. The maximum atomic E-state index is 2.38. The van der Waals surface area contributed by atoms with Gasteiger partial charge in [0.1, 0.15) is 0 Å². The molecule has 0 aliphatic heterocycles. The van der Waals surface area contributed by atoms with Gasteiger partial charge in [0.25, 0.3) is 0 Å². The molecule has 36 heavy (non-hydrogen) atoms. The van der Waals surface area contributed by atoms with Crippen LogP contribution >= 0.6 is 0 Å².